The van der Waals surface area contributed by atoms with E-state index < -0.39 is 0 Å². The lowest BCUT2D eigenvalue weighted by Crippen LogP contribution is -2.36. The maximum Gasteiger partial charge on any atom is 0.123 e. The molecule has 2 atom stereocenters. The summed E-state index contributed by atoms with van der Waals surface area (Å²) in [6.45, 7) is 2.29. The van der Waals surface area contributed by atoms with Crippen LogP contribution in [0, 0.1) is 11.7 Å². The number of hydrogen-bond acceptors (Lipinski definition) is 1. The molecule has 88 valence electrons. The van der Waals surface area contributed by atoms with Gasteiger partial charge in [-0.05, 0) is 42.9 Å². The van der Waals surface area contributed by atoms with Crippen molar-refractivity contribution in [2.45, 2.75) is 44.6 Å². The highest BCUT2D eigenvalue weighted by Gasteiger charge is 2.29. The third kappa shape index (κ3) is 2.43. The van der Waals surface area contributed by atoms with E-state index in [4.69, 9.17) is 5.73 Å². The van der Waals surface area contributed by atoms with Crippen molar-refractivity contribution in [1.82, 2.24) is 0 Å². The number of rotatable bonds is 1. The Morgan fingerprint density at radius 2 is 1.88 bits per heavy atom. The third-order valence-electron chi connectivity index (χ3n) is 3.82. The fraction of sp³-hybridized carbons (Fsp3) is 0.571. The Morgan fingerprint density at radius 1 is 1.19 bits per heavy atom. The van der Waals surface area contributed by atoms with Gasteiger partial charge in [-0.1, -0.05) is 31.9 Å². The van der Waals surface area contributed by atoms with Crippen LogP contribution in [0.15, 0.2) is 24.3 Å². The molecule has 16 heavy (non-hydrogen) atoms. The Morgan fingerprint density at radius 3 is 2.56 bits per heavy atom. The average Bonchev–Trinajstić information content (AvgIpc) is 2.43. The van der Waals surface area contributed by atoms with E-state index in [9.17, 15) is 4.39 Å². The van der Waals surface area contributed by atoms with Crippen LogP contribution in [0.3, 0.4) is 0 Å². The molecular weight excluding hydrogens is 201 g/mol. The maximum atomic E-state index is 12.9. The molecule has 0 aromatic heterocycles. The molecule has 0 spiro atoms. The molecule has 0 heterocycles. The minimum atomic E-state index is -0.238. The molecule has 1 aliphatic rings. The predicted molar refractivity (Wildman–Crippen MR) is 64.5 cm³/mol. The summed E-state index contributed by atoms with van der Waals surface area (Å²) in [4.78, 5) is 0. The SMILES string of the molecule is CC1CCCC(N)(c2ccc(F)cc2)CC1. The standard InChI is InChI=1S/C14H20FN/c1-11-3-2-9-14(16,10-8-11)12-4-6-13(15)7-5-12/h4-7,11H,2-3,8-10,16H2,1H3. The summed E-state index contributed by atoms with van der Waals surface area (Å²) >= 11 is 0. The van der Waals surface area contributed by atoms with E-state index in [-0.39, 0.29) is 11.4 Å². The zero-order valence-electron chi connectivity index (χ0n) is 9.88. The molecule has 2 unspecified atom stereocenters. The Hall–Kier alpha value is -0.890. The minimum Gasteiger partial charge on any atom is -0.321 e. The fourth-order valence-electron chi connectivity index (χ4n) is 2.61. The smallest absolute Gasteiger partial charge is 0.123 e. The normalized spacial score (nSPS) is 31.1. The van der Waals surface area contributed by atoms with Gasteiger partial charge in [0.25, 0.3) is 0 Å². The lowest BCUT2D eigenvalue weighted by Gasteiger charge is -2.28. The topological polar surface area (TPSA) is 26.0 Å². The molecule has 2 heteroatoms. The second-order valence-electron chi connectivity index (χ2n) is 5.20. The first-order valence-electron chi connectivity index (χ1n) is 6.15. The first-order chi connectivity index (χ1) is 7.60. The molecule has 0 radical (unpaired) electrons. The quantitative estimate of drug-likeness (QED) is 0.721. The van der Waals surface area contributed by atoms with Gasteiger partial charge in [0.15, 0.2) is 0 Å². The third-order valence-corrected chi connectivity index (χ3v) is 3.82. The van der Waals surface area contributed by atoms with Gasteiger partial charge in [0.1, 0.15) is 5.82 Å². The summed E-state index contributed by atoms with van der Waals surface area (Å²) < 4.78 is 12.9. The molecule has 0 bridgehead atoms. The van der Waals surface area contributed by atoms with Gasteiger partial charge in [0, 0.05) is 5.54 Å². The van der Waals surface area contributed by atoms with E-state index in [0.717, 1.165) is 24.3 Å². The molecule has 1 fully saturated rings. The maximum absolute atomic E-state index is 12.9. The van der Waals surface area contributed by atoms with Crippen LogP contribution in [0.5, 0.6) is 0 Å². The second kappa shape index (κ2) is 4.54. The summed E-state index contributed by atoms with van der Waals surface area (Å²) in [5.41, 5.74) is 7.32. The molecule has 1 aromatic carbocycles. The largest absolute Gasteiger partial charge is 0.321 e. The van der Waals surface area contributed by atoms with Gasteiger partial charge in [0.05, 0.1) is 0 Å². The number of benzene rings is 1. The highest BCUT2D eigenvalue weighted by molar-refractivity contribution is 5.24. The van der Waals surface area contributed by atoms with Crippen LogP contribution in [0.1, 0.15) is 44.6 Å². The summed E-state index contributed by atoms with van der Waals surface area (Å²) in [5, 5.41) is 0. The summed E-state index contributed by atoms with van der Waals surface area (Å²) in [6, 6.07) is 6.70. The molecular formula is C14H20FN. The van der Waals surface area contributed by atoms with Crippen molar-refractivity contribution < 1.29 is 4.39 Å². The van der Waals surface area contributed by atoms with E-state index in [1.165, 1.54) is 31.4 Å². The Bertz CT molecular complexity index is 346. The Balaban J connectivity index is 2.20. The average molecular weight is 221 g/mol. The van der Waals surface area contributed by atoms with Gasteiger partial charge < -0.3 is 5.73 Å². The van der Waals surface area contributed by atoms with Crippen molar-refractivity contribution in [2.75, 3.05) is 0 Å². The molecule has 0 aliphatic heterocycles. The van der Waals surface area contributed by atoms with Crippen molar-refractivity contribution in [3.63, 3.8) is 0 Å². The van der Waals surface area contributed by atoms with Crippen molar-refractivity contribution >= 4 is 0 Å². The van der Waals surface area contributed by atoms with Gasteiger partial charge >= 0.3 is 0 Å². The van der Waals surface area contributed by atoms with Crippen molar-refractivity contribution in [3.05, 3.63) is 35.6 Å². The summed E-state index contributed by atoms with van der Waals surface area (Å²) in [6.07, 6.45) is 5.64. The molecule has 2 rings (SSSR count). The van der Waals surface area contributed by atoms with E-state index >= 15 is 0 Å². The van der Waals surface area contributed by atoms with Gasteiger partial charge in [-0.2, -0.15) is 0 Å². The van der Waals surface area contributed by atoms with Crippen LogP contribution in [0.25, 0.3) is 0 Å². The molecule has 0 amide bonds. The monoisotopic (exact) mass is 221 g/mol. The van der Waals surface area contributed by atoms with Crippen LogP contribution in [-0.4, -0.2) is 0 Å². The molecule has 2 N–H and O–H groups in total. The Kier molecular flexibility index (Phi) is 3.29. The molecule has 0 saturated heterocycles. The minimum absolute atomic E-state index is 0.186. The number of hydrogen-bond donors (Lipinski definition) is 1. The lowest BCUT2D eigenvalue weighted by atomic mass is 9.84. The lowest BCUT2D eigenvalue weighted by molar-refractivity contribution is 0.378. The van der Waals surface area contributed by atoms with Crippen molar-refractivity contribution in [3.8, 4) is 0 Å². The Labute approximate surface area is 96.9 Å². The van der Waals surface area contributed by atoms with Gasteiger partial charge in [-0.3, -0.25) is 0 Å². The van der Waals surface area contributed by atoms with Crippen LogP contribution in [0.4, 0.5) is 4.39 Å². The zero-order valence-corrected chi connectivity index (χ0v) is 9.88. The van der Waals surface area contributed by atoms with Crippen molar-refractivity contribution in [2.24, 2.45) is 11.7 Å². The van der Waals surface area contributed by atoms with Crippen molar-refractivity contribution in [1.29, 1.82) is 0 Å². The summed E-state index contributed by atoms with van der Waals surface area (Å²) in [5.74, 6) is 0.584. The van der Waals surface area contributed by atoms with Crippen LogP contribution >= 0.6 is 0 Å². The number of halogens is 1. The number of nitrogens with two attached hydrogens (primary N) is 1. The van der Waals surface area contributed by atoms with E-state index in [1.807, 2.05) is 12.1 Å². The van der Waals surface area contributed by atoms with Gasteiger partial charge in [-0.15, -0.1) is 0 Å². The predicted octanol–water partition coefficient (Wildman–Crippen LogP) is 3.58. The van der Waals surface area contributed by atoms with Gasteiger partial charge in [0.2, 0.25) is 0 Å². The van der Waals surface area contributed by atoms with Crippen LogP contribution in [0.2, 0.25) is 0 Å². The second-order valence-corrected chi connectivity index (χ2v) is 5.20. The van der Waals surface area contributed by atoms with E-state index in [2.05, 4.69) is 6.92 Å². The van der Waals surface area contributed by atoms with E-state index in [0.29, 0.717) is 0 Å². The summed E-state index contributed by atoms with van der Waals surface area (Å²) in [7, 11) is 0. The van der Waals surface area contributed by atoms with E-state index in [1.54, 1.807) is 0 Å². The molecule has 1 aliphatic carbocycles. The molecule has 1 nitrogen and oxygen atoms in total. The highest BCUT2D eigenvalue weighted by Crippen LogP contribution is 2.35. The van der Waals surface area contributed by atoms with Crippen LogP contribution in [-0.2, 0) is 5.54 Å². The zero-order chi connectivity index (χ0) is 11.6. The van der Waals surface area contributed by atoms with Crippen LogP contribution < -0.4 is 5.73 Å². The first kappa shape index (κ1) is 11.6. The molecule has 1 saturated carbocycles. The van der Waals surface area contributed by atoms with Gasteiger partial charge in [-0.25, -0.2) is 4.39 Å². The fourth-order valence-corrected chi connectivity index (χ4v) is 2.61. The first-order valence-corrected chi connectivity index (χ1v) is 6.15. The molecule has 1 aromatic rings. The highest BCUT2D eigenvalue weighted by atomic mass is 19.1.